The van der Waals surface area contributed by atoms with Crippen molar-refractivity contribution in [1.82, 2.24) is 0 Å². The Bertz CT molecular complexity index is 1010. The summed E-state index contributed by atoms with van der Waals surface area (Å²) in [5.41, 5.74) is 0.716. The van der Waals surface area contributed by atoms with Crippen molar-refractivity contribution in [3.63, 3.8) is 0 Å². The molecular formula is C19H16BrNO4S. The van der Waals surface area contributed by atoms with Gasteiger partial charge in [0.2, 0.25) is 14.9 Å². The van der Waals surface area contributed by atoms with Crippen LogP contribution in [0.4, 0.5) is 5.69 Å². The second kappa shape index (κ2) is 7.47. The number of para-hydroxylation sites is 1. The molecule has 5 nitrogen and oxygen atoms in total. The SMILES string of the molecule is CCN(C(=O)c1ccc(S(=O)(=O)c2ccc(Br)cc2)o1)c1ccccc1. The van der Waals surface area contributed by atoms with E-state index in [1.54, 1.807) is 12.1 Å². The van der Waals surface area contributed by atoms with Crippen LogP contribution in [-0.4, -0.2) is 20.9 Å². The smallest absolute Gasteiger partial charge is 0.294 e. The van der Waals surface area contributed by atoms with Crippen LogP contribution in [-0.2, 0) is 9.84 Å². The Morgan fingerprint density at radius 3 is 2.27 bits per heavy atom. The molecule has 0 saturated carbocycles. The van der Waals surface area contributed by atoms with Crippen molar-refractivity contribution in [2.45, 2.75) is 16.9 Å². The Morgan fingerprint density at radius 2 is 1.65 bits per heavy atom. The van der Waals surface area contributed by atoms with Crippen LogP contribution >= 0.6 is 15.9 Å². The van der Waals surface area contributed by atoms with Gasteiger partial charge in [-0.25, -0.2) is 8.42 Å². The van der Waals surface area contributed by atoms with E-state index in [-0.39, 0.29) is 15.7 Å². The van der Waals surface area contributed by atoms with Gasteiger partial charge in [0.15, 0.2) is 5.76 Å². The van der Waals surface area contributed by atoms with Crippen LogP contribution in [0.5, 0.6) is 0 Å². The van der Waals surface area contributed by atoms with Crippen molar-refractivity contribution in [3.05, 3.63) is 77.0 Å². The number of anilines is 1. The maximum absolute atomic E-state index is 12.7. The van der Waals surface area contributed by atoms with E-state index in [1.165, 1.54) is 29.2 Å². The molecule has 0 aliphatic carbocycles. The summed E-state index contributed by atoms with van der Waals surface area (Å²) in [6.07, 6.45) is 0. The molecule has 1 aromatic heterocycles. The zero-order valence-electron chi connectivity index (χ0n) is 13.9. The van der Waals surface area contributed by atoms with Crippen LogP contribution in [0.15, 0.2) is 85.6 Å². The van der Waals surface area contributed by atoms with Gasteiger partial charge in [-0.15, -0.1) is 0 Å². The van der Waals surface area contributed by atoms with Gasteiger partial charge in [-0.2, -0.15) is 0 Å². The first kappa shape index (κ1) is 18.4. The number of benzene rings is 2. The molecule has 7 heteroatoms. The molecular weight excluding hydrogens is 418 g/mol. The summed E-state index contributed by atoms with van der Waals surface area (Å²) in [7, 11) is -3.82. The highest BCUT2D eigenvalue weighted by Crippen LogP contribution is 2.25. The Morgan fingerprint density at radius 1 is 1.00 bits per heavy atom. The van der Waals surface area contributed by atoms with Gasteiger partial charge in [0.1, 0.15) is 0 Å². The number of nitrogens with zero attached hydrogens (tertiary/aromatic N) is 1. The van der Waals surface area contributed by atoms with Gasteiger partial charge < -0.3 is 9.32 Å². The number of carbonyl (C=O) groups is 1. The van der Waals surface area contributed by atoms with Gasteiger partial charge in [-0.1, -0.05) is 34.1 Å². The minimum atomic E-state index is -3.82. The number of furan rings is 1. The third-order valence-corrected chi connectivity index (χ3v) is 5.98. The van der Waals surface area contributed by atoms with Crippen LogP contribution in [0.25, 0.3) is 0 Å². The lowest BCUT2D eigenvalue weighted by Crippen LogP contribution is -2.30. The first-order chi connectivity index (χ1) is 12.4. The molecule has 1 amide bonds. The first-order valence-electron chi connectivity index (χ1n) is 7.91. The van der Waals surface area contributed by atoms with Crippen LogP contribution in [0.3, 0.4) is 0 Å². The lowest BCUT2D eigenvalue weighted by atomic mass is 10.2. The van der Waals surface area contributed by atoms with E-state index in [1.807, 2.05) is 37.3 Å². The number of hydrogen-bond donors (Lipinski definition) is 0. The highest BCUT2D eigenvalue weighted by atomic mass is 79.9. The van der Waals surface area contributed by atoms with Crippen molar-refractivity contribution < 1.29 is 17.6 Å². The molecule has 0 aliphatic rings. The Labute approximate surface area is 160 Å². The third-order valence-electron chi connectivity index (χ3n) is 3.81. The molecule has 2 aromatic carbocycles. The largest absolute Gasteiger partial charge is 0.439 e. The summed E-state index contributed by atoms with van der Waals surface area (Å²) in [5, 5.41) is -0.257. The van der Waals surface area contributed by atoms with Crippen molar-refractivity contribution >= 4 is 37.4 Å². The Kier molecular flexibility index (Phi) is 5.29. The number of sulfone groups is 1. The molecule has 0 bridgehead atoms. The highest BCUT2D eigenvalue weighted by molar-refractivity contribution is 9.10. The first-order valence-corrected chi connectivity index (χ1v) is 10.2. The molecule has 26 heavy (non-hydrogen) atoms. The van der Waals surface area contributed by atoms with Crippen LogP contribution in [0, 0.1) is 0 Å². The minimum absolute atomic E-state index is 0.0219. The quantitative estimate of drug-likeness (QED) is 0.591. The van der Waals surface area contributed by atoms with Gasteiger partial charge in [0.05, 0.1) is 4.90 Å². The topological polar surface area (TPSA) is 67.6 Å². The highest BCUT2D eigenvalue weighted by Gasteiger charge is 2.25. The fraction of sp³-hybridized carbons (Fsp3) is 0.105. The Hall–Kier alpha value is -2.38. The van der Waals surface area contributed by atoms with Gasteiger partial charge in [-0.05, 0) is 55.5 Å². The molecule has 0 unspecified atom stereocenters. The van der Waals surface area contributed by atoms with E-state index in [9.17, 15) is 13.2 Å². The Balaban J connectivity index is 1.91. The normalized spacial score (nSPS) is 11.3. The maximum Gasteiger partial charge on any atom is 0.294 e. The van der Waals surface area contributed by atoms with E-state index in [0.29, 0.717) is 12.2 Å². The molecule has 3 aromatic rings. The molecule has 0 fully saturated rings. The zero-order chi connectivity index (χ0) is 18.7. The second-order valence-corrected chi connectivity index (χ2v) is 8.26. The second-order valence-electron chi connectivity index (χ2n) is 5.46. The van der Waals surface area contributed by atoms with Crippen molar-refractivity contribution in [3.8, 4) is 0 Å². The monoisotopic (exact) mass is 433 g/mol. The summed E-state index contributed by atoms with van der Waals surface area (Å²) < 4.78 is 31.5. The summed E-state index contributed by atoms with van der Waals surface area (Å²) in [5.74, 6) is -0.414. The van der Waals surface area contributed by atoms with Crippen LogP contribution < -0.4 is 4.90 Å². The molecule has 0 N–H and O–H groups in total. The van der Waals surface area contributed by atoms with Gasteiger partial charge in [-0.3, -0.25) is 4.79 Å². The molecule has 0 spiro atoms. The van der Waals surface area contributed by atoms with E-state index in [0.717, 1.165) is 4.47 Å². The number of hydrogen-bond acceptors (Lipinski definition) is 4. The maximum atomic E-state index is 12.7. The summed E-state index contributed by atoms with van der Waals surface area (Å²) in [6, 6.07) is 18.1. The number of halogens is 1. The lowest BCUT2D eigenvalue weighted by molar-refractivity contribution is 0.0956. The summed E-state index contributed by atoms with van der Waals surface area (Å²) in [4.78, 5) is 14.4. The predicted octanol–water partition coefficient (Wildman–Crippen LogP) is 4.54. The van der Waals surface area contributed by atoms with E-state index < -0.39 is 15.7 Å². The van der Waals surface area contributed by atoms with E-state index in [4.69, 9.17) is 4.42 Å². The number of carbonyl (C=O) groups excluding carboxylic acids is 1. The fourth-order valence-corrected chi connectivity index (χ4v) is 3.93. The molecule has 0 atom stereocenters. The van der Waals surface area contributed by atoms with Crippen LogP contribution in [0.1, 0.15) is 17.5 Å². The van der Waals surface area contributed by atoms with Crippen molar-refractivity contribution in [2.24, 2.45) is 0 Å². The molecule has 0 radical (unpaired) electrons. The summed E-state index contributed by atoms with van der Waals surface area (Å²) >= 11 is 3.27. The molecule has 134 valence electrons. The lowest BCUT2D eigenvalue weighted by Gasteiger charge is -2.19. The predicted molar refractivity (Wildman–Crippen MR) is 102 cm³/mol. The van der Waals surface area contributed by atoms with Gasteiger partial charge >= 0.3 is 0 Å². The molecule has 0 saturated heterocycles. The standard InChI is InChI=1S/C19H16BrNO4S/c1-2-21(15-6-4-3-5-7-15)19(22)17-12-13-18(25-17)26(23,24)16-10-8-14(20)9-11-16/h3-13H,2H2,1H3. The number of amides is 1. The zero-order valence-corrected chi connectivity index (χ0v) is 16.3. The average molecular weight is 434 g/mol. The van der Waals surface area contributed by atoms with E-state index >= 15 is 0 Å². The van der Waals surface area contributed by atoms with E-state index in [2.05, 4.69) is 15.9 Å². The number of rotatable bonds is 5. The summed E-state index contributed by atoms with van der Waals surface area (Å²) in [6.45, 7) is 2.27. The van der Waals surface area contributed by atoms with Crippen LogP contribution in [0.2, 0.25) is 0 Å². The molecule has 3 rings (SSSR count). The molecule has 0 aliphatic heterocycles. The van der Waals surface area contributed by atoms with Crippen molar-refractivity contribution in [2.75, 3.05) is 11.4 Å². The van der Waals surface area contributed by atoms with Crippen molar-refractivity contribution in [1.29, 1.82) is 0 Å². The average Bonchev–Trinajstić information content (AvgIpc) is 3.14. The fourth-order valence-electron chi connectivity index (χ4n) is 2.49. The molecule has 1 heterocycles. The third kappa shape index (κ3) is 3.59. The van der Waals surface area contributed by atoms with Gasteiger partial charge in [0.25, 0.3) is 5.91 Å². The minimum Gasteiger partial charge on any atom is -0.439 e. The van der Waals surface area contributed by atoms with Gasteiger partial charge in [0, 0.05) is 16.7 Å².